The molecule has 0 radical (unpaired) electrons. The molecule has 0 aromatic heterocycles. The van der Waals surface area contributed by atoms with Gasteiger partial charge in [0.05, 0.1) is 0 Å². The van der Waals surface area contributed by atoms with Crippen LogP contribution in [0.3, 0.4) is 0 Å². The third-order valence-electron chi connectivity index (χ3n) is 4.54. The van der Waals surface area contributed by atoms with Crippen LogP contribution in [-0.2, 0) is 4.79 Å². The van der Waals surface area contributed by atoms with Crippen LogP contribution in [0.25, 0.3) is 0 Å². The zero-order valence-corrected chi connectivity index (χ0v) is 10.4. The minimum Gasteiger partial charge on any atom is -0.369 e. The monoisotopic (exact) mass is 263 g/mol. The second-order valence-electron chi connectivity index (χ2n) is 5.81. The maximum absolute atomic E-state index is 14.9. The summed E-state index contributed by atoms with van der Waals surface area (Å²) in [7, 11) is 0. The van der Waals surface area contributed by atoms with Crippen molar-refractivity contribution in [1.29, 1.82) is 0 Å². The van der Waals surface area contributed by atoms with Crippen LogP contribution in [0.15, 0.2) is 0 Å². The molecule has 2 saturated carbocycles. The van der Waals surface area contributed by atoms with Gasteiger partial charge >= 0.3 is 0 Å². The second-order valence-corrected chi connectivity index (χ2v) is 5.81. The van der Waals surface area contributed by atoms with Crippen molar-refractivity contribution >= 4 is 5.91 Å². The first-order chi connectivity index (χ1) is 8.34. The van der Waals surface area contributed by atoms with E-state index in [4.69, 9.17) is 5.73 Å². The van der Waals surface area contributed by atoms with Crippen molar-refractivity contribution in [3.05, 3.63) is 0 Å². The highest BCUT2D eigenvalue weighted by Gasteiger charge is 2.52. The topological polar surface area (TPSA) is 43.1 Å². The summed E-state index contributed by atoms with van der Waals surface area (Å²) in [6.45, 7) is 0. The Morgan fingerprint density at radius 3 is 2.22 bits per heavy atom. The zero-order chi connectivity index (χ0) is 13.4. The maximum Gasteiger partial charge on any atom is 0.248 e. The minimum atomic E-state index is -2.87. The van der Waals surface area contributed by atoms with E-state index in [-0.39, 0.29) is 12.8 Å². The maximum atomic E-state index is 14.9. The largest absolute Gasteiger partial charge is 0.369 e. The molecule has 0 bridgehead atoms. The highest BCUT2D eigenvalue weighted by molar-refractivity contribution is 5.77. The molecule has 5 heteroatoms. The summed E-state index contributed by atoms with van der Waals surface area (Å²) in [5, 5.41) is 0. The SMILES string of the molecule is NC(=O)[C@@H]1CC(F)(F)CC[C@H]1C1(F)CCCCC1. The van der Waals surface area contributed by atoms with E-state index >= 15 is 0 Å². The van der Waals surface area contributed by atoms with Crippen LogP contribution in [0.1, 0.15) is 51.4 Å². The summed E-state index contributed by atoms with van der Waals surface area (Å²) < 4.78 is 41.6. The van der Waals surface area contributed by atoms with E-state index in [1.807, 2.05) is 0 Å². The Balaban J connectivity index is 2.17. The lowest BCUT2D eigenvalue weighted by molar-refractivity contribution is -0.143. The van der Waals surface area contributed by atoms with Gasteiger partial charge in [0, 0.05) is 24.7 Å². The lowest BCUT2D eigenvalue weighted by Crippen LogP contribution is -2.49. The van der Waals surface area contributed by atoms with Crippen molar-refractivity contribution in [2.75, 3.05) is 0 Å². The number of hydrogen-bond acceptors (Lipinski definition) is 1. The van der Waals surface area contributed by atoms with Crippen molar-refractivity contribution in [3.63, 3.8) is 0 Å². The molecule has 0 aromatic rings. The van der Waals surface area contributed by atoms with Crippen LogP contribution in [-0.4, -0.2) is 17.5 Å². The van der Waals surface area contributed by atoms with E-state index in [0.29, 0.717) is 12.8 Å². The molecular weight excluding hydrogens is 243 g/mol. The van der Waals surface area contributed by atoms with Gasteiger partial charge in [0.15, 0.2) is 0 Å². The van der Waals surface area contributed by atoms with Crippen molar-refractivity contribution in [2.24, 2.45) is 17.6 Å². The summed E-state index contributed by atoms with van der Waals surface area (Å²) in [5.74, 6) is -5.28. The highest BCUT2D eigenvalue weighted by Crippen LogP contribution is 2.50. The Labute approximate surface area is 105 Å². The smallest absolute Gasteiger partial charge is 0.248 e. The van der Waals surface area contributed by atoms with Gasteiger partial charge in [-0.1, -0.05) is 19.3 Å². The van der Waals surface area contributed by atoms with Crippen molar-refractivity contribution in [1.82, 2.24) is 0 Å². The van der Waals surface area contributed by atoms with E-state index < -0.39 is 35.8 Å². The standard InChI is InChI=1S/C13H20F3NO/c14-12(5-2-1-3-6-12)10-4-7-13(15,16)8-9(10)11(17)18/h9-10H,1-8H2,(H2,17,18)/t9-,10-/m1/s1. The van der Waals surface area contributed by atoms with Gasteiger partial charge in [0.2, 0.25) is 11.8 Å². The van der Waals surface area contributed by atoms with Gasteiger partial charge < -0.3 is 5.73 Å². The molecule has 0 heterocycles. The molecule has 2 atom stereocenters. The Hall–Kier alpha value is -0.740. The number of amides is 1. The van der Waals surface area contributed by atoms with E-state index in [0.717, 1.165) is 19.3 Å². The fourth-order valence-corrected chi connectivity index (χ4v) is 3.56. The van der Waals surface area contributed by atoms with Gasteiger partial charge in [-0.25, -0.2) is 13.2 Å². The van der Waals surface area contributed by atoms with Crippen LogP contribution in [0.2, 0.25) is 0 Å². The van der Waals surface area contributed by atoms with Gasteiger partial charge in [-0.05, 0) is 19.3 Å². The summed E-state index contributed by atoms with van der Waals surface area (Å²) in [6, 6.07) is 0. The normalized spacial score (nSPS) is 35.1. The van der Waals surface area contributed by atoms with Crippen molar-refractivity contribution in [3.8, 4) is 0 Å². The molecule has 1 amide bonds. The quantitative estimate of drug-likeness (QED) is 0.816. The van der Waals surface area contributed by atoms with E-state index in [1.165, 1.54) is 0 Å². The van der Waals surface area contributed by atoms with Crippen LogP contribution in [0.5, 0.6) is 0 Å². The number of halogens is 3. The predicted octanol–water partition coefficient (Wildman–Crippen LogP) is 3.20. The average Bonchev–Trinajstić information content (AvgIpc) is 2.28. The van der Waals surface area contributed by atoms with Crippen molar-refractivity contribution in [2.45, 2.75) is 63.0 Å². The molecule has 0 saturated heterocycles. The molecule has 0 aromatic carbocycles. The first-order valence-electron chi connectivity index (χ1n) is 6.70. The summed E-state index contributed by atoms with van der Waals surface area (Å²) in [6.07, 6.45) is 2.45. The predicted molar refractivity (Wildman–Crippen MR) is 61.9 cm³/mol. The molecule has 2 aliphatic rings. The lowest BCUT2D eigenvalue weighted by atomic mass is 9.65. The summed E-state index contributed by atoms with van der Waals surface area (Å²) in [5.41, 5.74) is 3.74. The van der Waals surface area contributed by atoms with Gasteiger partial charge in [-0.2, -0.15) is 0 Å². The number of rotatable bonds is 2. The van der Waals surface area contributed by atoms with Crippen molar-refractivity contribution < 1.29 is 18.0 Å². The van der Waals surface area contributed by atoms with E-state index in [1.54, 1.807) is 0 Å². The van der Waals surface area contributed by atoms with Gasteiger partial charge in [0.1, 0.15) is 5.67 Å². The first kappa shape index (κ1) is 13.7. The third-order valence-corrected chi connectivity index (χ3v) is 4.54. The lowest BCUT2D eigenvalue weighted by Gasteiger charge is -2.44. The molecule has 18 heavy (non-hydrogen) atoms. The number of nitrogens with two attached hydrogens (primary N) is 1. The zero-order valence-electron chi connectivity index (χ0n) is 10.4. The summed E-state index contributed by atoms with van der Waals surface area (Å²) in [4.78, 5) is 11.4. The Kier molecular flexibility index (Phi) is 3.60. The number of primary amides is 1. The van der Waals surface area contributed by atoms with Gasteiger partial charge in [-0.15, -0.1) is 0 Å². The fraction of sp³-hybridized carbons (Fsp3) is 0.923. The van der Waals surface area contributed by atoms with Crippen LogP contribution in [0.4, 0.5) is 13.2 Å². The van der Waals surface area contributed by atoms with E-state index in [2.05, 4.69) is 0 Å². The fourth-order valence-electron chi connectivity index (χ4n) is 3.56. The summed E-state index contributed by atoms with van der Waals surface area (Å²) >= 11 is 0. The third kappa shape index (κ3) is 2.64. The Bertz CT molecular complexity index is 326. The molecule has 0 unspecified atom stereocenters. The second kappa shape index (κ2) is 4.74. The number of carbonyl (C=O) groups is 1. The molecule has 2 nitrogen and oxygen atoms in total. The molecule has 2 N–H and O–H groups in total. The molecule has 0 spiro atoms. The van der Waals surface area contributed by atoms with Gasteiger partial charge in [-0.3, -0.25) is 4.79 Å². The number of alkyl halides is 3. The molecule has 2 rings (SSSR count). The Morgan fingerprint density at radius 2 is 1.67 bits per heavy atom. The van der Waals surface area contributed by atoms with E-state index in [9.17, 15) is 18.0 Å². The molecule has 104 valence electrons. The Morgan fingerprint density at radius 1 is 1.06 bits per heavy atom. The van der Waals surface area contributed by atoms with Crippen LogP contribution >= 0.6 is 0 Å². The van der Waals surface area contributed by atoms with Crippen LogP contribution < -0.4 is 5.73 Å². The number of carbonyl (C=O) groups excluding carboxylic acids is 1. The number of hydrogen-bond donors (Lipinski definition) is 1. The molecule has 2 fully saturated rings. The molecular formula is C13H20F3NO. The molecule has 0 aliphatic heterocycles. The average molecular weight is 263 g/mol. The first-order valence-corrected chi connectivity index (χ1v) is 6.70. The minimum absolute atomic E-state index is 0.0666. The van der Waals surface area contributed by atoms with Crippen LogP contribution in [0, 0.1) is 11.8 Å². The molecule has 2 aliphatic carbocycles. The van der Waals surface area contributed by atoms with Gasteiger partial charge in [0.25, 0.3) is 0 Å². The highest BCUT2D eigenvalue weighted by atomic mass is 19.3.